The number of nitrogens with two attached hydrogens (primary N) is 1. The van der Waals surface area contributed by atoms with Crippen molar-refractivity contribution in [3.05, 3.63) is 29.8 Å². The number of nitrogens with zero attached hydrogens (tertiary/aromatic N) is 1. The van der Waals surface area contributed by atoms with Gasteiger partial charge in [-0.05, 0) is 50.4 Å². The van der Waals surface area contributed by atoms with Crippen LogP contribution in [-0.2, 0) is 0 Å². The van der Waals surface area contributed by atoms with Gasteiger partial charge in [-0.15, -0.1) is 11.8 Å². The van der Waals surface area contributed by atoms with Gasteiger partial charge >= 0.3 is 0 Å². The molecular weight excluding hydrogens is 216 g/mol. The Morgan fingerprint density at radius 1 is 1.31 bits per heavy atom. The number of thioether (sulfide) groups is 1. The van der Waals surface area contributed by atoms with Gasteiger partial charge in [0.2, 0.25) is 0 Å². The highest BCUT2D eigenvalue weighted by Gasteiger charge is 2.27. The van der Waals surface area contributed by atoms with Crippen molar-refractivity contribution in [3.8, 4) is 0 Å². The molecule has 1 aromatic rings. The average molecular weight is 236 g/mol. The first kappa shape index (κ1) is 12.0. The lowest BCUT2D eigenvalue weighted by molar-refractivity contribution is 0.163. The molecular formula is C13H20N2S. The number of likely N-dealkylation sites (N-methyl/N-ethyl adjacent to an activating group) is 1. The van der Waals surface area contributed by atoms with Gasteiger partial charge in [0.05, 0.1) is 0 Å². The van der Waals surface area contributed by atoms with Crippen LogP contribution in [0.5, 0.6) is 0 Å². The molecule has 1 aromatic carbocycles. The molecule has 0 saturated carbocycles. The molecule has 1 aliphatic heterocycles. The zero-order chi connectivity index (χ0) is 11.5. The first-order chi connectivity index (χ1) is 7.72. The van der Waals surface area contributed by atoms with E-state index in [2.05, 4.69) is 42.5 Å². The molecule has 2 unspecified atom stereocenters. The molecule has 88 valence electrons. The minimum absolute atomic E-state index is 0.277. The van der Waals surface area contributed by atoms with Crippen molar-refractivity contribution in [1.82, 2.24) is 4.90 Å². The van der Waals surface area contributed by atoms with Crippen molar-refractivity contribution in [3.63, 3.8) is 0 Å². The third-order valence-electron chi connectivity index (χ3n) is 3.39. The van der Waals surface area contributed by atoms with Crippen LogP contribution in [0.2, 0.25) is 0 Å². The molecule has 2 N–H and O–H groups in total. The average Bonchev–Trinajstić information content (AvgIpc) is 2.30. The molecule has 2 atom stereocenters. The van der Waals surface area contributed by atoms with E-state index >= 15 is 0 Å². The summed E-state index contributed by atoms with van der Waals surface area (Å²) in [6.45, 7) is 1.16. The third kappa shape index (κ3) is 2.42. The van der Waals surface area contributed by atoms with Crippen LogP contribution in [0, 0.1) is 0 Å². The van der Waals surface area contributed by atoms with E-state index in [0.29, 0.717) is 6.04 Å². The molecule has 1 fully saturated rings. The van der Waals surface area contributed by atoms with E-state index in [4.69, 9.17) is 5.73 Å². The second-order valence-electron chi connectivity index (χ2n) is 4.50. The van der Waals surface area contributed by atoms with E-state index in [1.807, 2.05) is 0 Å². The Labute approximate surface area is 102 Å². The smallest absolute Gasteiger partial charge is 0.0496 e. The number of rotatable bonds is 2. The molecule has 2 rings (SSSR count). The minimum atomic E-state index is 0.277. The summed E-state index contributed by atoms with van der Waals surface area (Å²) in [5.41, 5.74) is 7.58. The maximum absolute atomic E-state index is 6.23. The topological polar surface area (TPSA) is 29.3 Å². The lowest BCUT2D eigenvalue weighted by atomic mass is 9.91. The predicted molar refractivity (Wildman–Crippen MR) is 70.8 cm³/mol. The SMILES string of the molecule is CSc1ccc(C2C(N)CCCN2C)cc1. The van der Waals surface area contributed by atoms with Crippen molar-refractivity contribution >= 4 is 11.8 Å². The van der Waals surface area contributed by atoms with Gasteiger partial charge in [-0.2, -0.15) is 0 Å². The fraction of sp³-hybridized carbons (Fsp3) is 0.538. The molecule has 0 bridgehead atoms. The van der Waals surface area contributed by atoms with Crippen molar-refractivity contribution in [2.45, 2.75) is 29.8 Å². The molecule has 16 heavy (non-hydrogen) atoms. The number of likely N-dealkylation sites (tertiary alicyclic amines) is 1. The van der Waals surface area contributed by atoms with Crippen LogP contribution in [0.3, 0.4) is 0 Å². The van der Waals surface area contributed by atoms with Crippen molar-refractivity contribution in [1.29, 1.82) is 0 Å². The summed E-state index contributed by atoms with van der Waals surface area (Å²) in [5.74, 6) is 0. The molecule has 1 heterocycles. The minimum Gasteiger partial charge on any atom is -0.326 e. The number of benzene rings is 1. The summed E-state index contributed by atoms with van der Waals surface area (Å²) in [5, 5.41) is 0. The van der Waals surface area contributed by atoms with Crippen LogP contribution in [0.25, 0.3) is 0 Å². The van der Waals surface area contributed by atoms with E-state index in [1.54, 1.807) is 11.8 Å². The van der Waals surface area contributed by atoms with Crippen molar-refractivity contribution < 1.29 is 0 Å². The molecule has 0 amide bonds. The second kappa shape index (κ2) is 5.21. The van der Waals surface area contributed by atoms with Crippen LogP contribution in [0.4, 0.5) is 0 Å². The zero-order valence-corrected chi connectivity index (χ0v) is 10.8. The second-order valence-corrected chi connectivity index (χ2v) is 5.38. The molecule has 0 aromatic heterocycles. The third-order valence-corrected chi connectivity index (χ3v) is 4.13. The molecule has 0 aliphatic carbocycles. The van der Waals surface area contributed by atoms with E-state index in [1.165, 1.54) is 16.9 Å². The largest absolute Gasteiger partial charge is 0.326 e. The number of hydrogen-bond donors (Lipinski definition) is 1. The first-order valence-corrected chi connectivity index (χ1v) is 7.04. The van der Waals surface area contributed by atoms with Gasteiger partial charge in [0.25, 0.3) is 0 Å². The van der Waals surface area contributed by atoms with E-state index < -0.39 is 0 Å². The molecule has 1 saturated heterocycles. The Morgan fingerprint density at radius 2 is 2.00 bits per heavy atom. The summed E-state index contributed by atoms with van der Waals surface area (Å²) in [7, 11) is 2.17. The monoisotopic (exact) mass is 236 g/mol. The number of piperidine rings is 1. The van der Waals surface area contributed by atoms with Gasteiger partial charge in [0.1, 0.15) is 0 Å². The summed E-state index contributed by atoms with van der Waals surface area (Å²) in [6.07, 6.45) is 4.46. The van der Waals surface area contributed by atoms with Gasteiger partial charge < -0.3 is 5.73 Å². The lowest BCUT2D eigenvalue weighted by Crippen LogP contribution is -2.43. The van der Waals surface area contributed by atoms with Crippen LogP contribution < -0.4 is 5.73 Å². The molecule has 2 nitrogen and oxygen atoms in total. The summed E-state index contributed by atoms with van der Waals surface area (Å²) >= 11 is 1.78. The van der Waals surface area contributed by atoms with Crippen LogP contribution in [-0.4, -0.2) is 30.8 Å². The highest BCUT2D eigenvalue weighted by atomic mass is 32.2. The Hall–Kier alpha value is -0.510. The van der Waals surface area contributed by atoms with Crippen LogP contribution >= 0.6 is 11.8 Å². The Morgan fingerprint density at radius 3 is 2.56 bits per heavy atom. The van der Waals surface area contributed by atoms with Gasteiger partial charge in [0, 0.05) is 17.0 Å². The van der Waals surface area contributed by atoms with E-state index in [9.17, 15) is 0 Å². The lowest BCUT2D eigenvalue weighted by Gasteiger charge is -2.37. The van der Waals surface area contributed by atoms with E-state index in [-0.39, 0.29) is 6.04 Å². The van der Waals surface area contributed by atoms with Crippen LogP contribution in [0.1, 0.15) is 24.4 Å². The maximum Gasteiger partial charge on any atom is 0.0496 e. The summed E-state index contributed by atoms with van der Waals surface area (Å²) in [4.78, 5) is 3.69. The number of hydrogen-bond acceptors (Lipinski definition) is 3. The predicted octanol–water partition coefficient (Wildman–Crippen LogP) is 2.50. The molecule has 3 heteroatoms. The molecule has 1 aliphatic rings. The first-order valence-electron chi connectivity index (χ1n) is 5.82. The van der Waals surface area contributed by atoms with Gasteiger partial charge in [0.15, 0.2) is 0 Å². The Kier molecular flexibility index (Phi) is 3.90. The van der Waals surface area contributed by atoms with Crippen LogP contribution in [0.15, 0.2) is 29.2 Å². The van der Waals surface area contributed by atoms with Crippen molar-refractivity contribution in [2.75, 3.05) is 19.8 Å². The Bertz CT molecular complexity index is 326. The van der Waals surface area contributed by atoms with E-state index in [0.717, 1.165) is 13.0 Å². The highest BCUT2D eigenvalue weighted by molar-refractivity contribution is 7.98. The summed E-state index contributed by atoms with van der Waals surface area (Å²) < 4.78 is 0. The summed E-state index contributed by atoms with van der Waals surface area (Å²) in [6, 6.07) is 9.49. The fourth-order valence-corrected chi connectivity index (χ4v) is 2.91. The van der Waals surface area contributed by atoms with Gasteiger partial charge in [-0.3, -0.25) is 4.90 Å². The maximum atomic E-state index is 6.23. The quantitative estimate of drug-likeness (QED) is 0.800. The van der Waals surface area contributed by atoms with Gasteiger partial charge in [-0.25, -0.2) is 0 Å². The van der Waals surface area contributed by atoms with Crippen molar-refractivity contribution in [2.24, 2.45) is 5.73 Å². The van der Waals surface area contributed by atoms with Gasteiger partial charge in [-0.1, -0.05) is 12.1 Å². The fourth-order valence-electron chi connectivity index (χ4n) is 2.50. The normalized spacial score (nSPS) is 26.9. The zero-order valence-electron chi connectivity index (χ0n) is 10.0. The molecule has 0 spiro atoms. The molecule has 0 radical (unpaired) electrons. The highest BCUT2D eigenvalue weighted by Crippen LogP contribution is 2.29. The Balaban J connectivity index is 2.20. The standard InChI is InChI=1S/C13H20N2S/c1-15-9-3-4-12(14)13(15)10-5-7-11(16-2)8-6-10/h5-8,12-13H,3-4,9,14H2,1-2H3.